The van der Waals surface area contributed by atoms with E-state index in [0.717, 1.165) is 5.56 Å². The lowest BCUT2D eigenvalue weighted by molar-refractivity contribution is -0.0241. The van der Waals surface area contributed by atoms with Crippen LogP contribution in [0.25, 0.3) is 0 Å². The second kappa shape index (κ2) is 8.57. The van der Waals surface area contributed by atoms with E-state index in [1.807, 2.05) is 30.3 Å². The second-order valence-electron chi connectivity index (χ2n) is 5.01. The molecule has 0 radical (unpaired) electrons. The maximum absolute atomic E-state index is 12.0. The Morgan fingerprint density at radius 3 is 2.00 bits per heavy atom. The largest absolute Gasteiger partial charge is 0.509 e. The van der Waals surface area contributed by atoms with E-state index in [-0.39, 0.29) is 6.61 Å². The van der Waals surface area contributed by atoms with Crippen molar-refractivity contribution in [1.29, 1.82) is 0 Å². The molecule has 1 N–H and O–H groups in total. The normalized spacial score (nSPS) is 12.7. The fourth-order valence-corrected chi connectivity index (χ4v) is 2.09. The Labute approximate surface area is 139 Å². The first-order valence-corrected chi connectivity index (χ1v) is 7.39. The first kappa shape index (κ1) is 17.3. The molecule has 0 saturated heterocycles. The van der Waals surface area contributed by atoms with Gasteiger partial charge in [0.15, 0.2) is 6.10 Å². The predicted octanol–water partition coefficient (Wildman–Crippen LogP) is 4.34. The number of carbonyl (C=O) groups is 2. The molecule has 2 aromatic rings. The van der Waals surface area contributed by atoms with Crippen molar-refractivity contribution in [1.82, 2.24) is 0 Å². The molecule has 0 bridgehead atoms. The molecular weight excluding hydrogens is 312 g/mol. The van der Waals surface area contributed by atoms with Gasteiger partial charge in [-0.1, -0.05) is 60.7 Å². The van der Waals surface area contributed by atoms with Gasteiger partial charge in [-0.25, -0.2) is 9.59 Å². The molecule has 2 unspecified atom stereocenters. The van der Waals surface area contributed by atoms with Crippen LogP contribution < -0.4 is 0 Å². The van der Waals surface area contributed by atoms with Gasteiger partial charge in [0.1, 0.15) is 12.7 Å². The fourth-order valence-electron chi connectivity index (χ4n) is 2.09. The maximum Gasteiger partial charge on any atom is 0.509 e. The number of benzene rings is 2. The van der Waals surface area contributed by atoms with E-state index >= 15 is 0 Å². The zero-order valence-corrected chi connectivity index (χ0v) is 13.1. The third-order valence-electron chi connectivity index (χ3n) is 3.31. The van der Waals surface area contributed by atoms with Gasteiger partial charge in [-0.15, -0.1) is 0 Å². The third kappa shape index (κ3) is 5.31. The van der Waals surface area contributed by atoms with Gasteiger partial charge in [0.25, 0.3) is 0 Å². The van der Waals surface area contributed by atoms with Crippen LogP contribution in [0.4, 0.5) is 9.59 Å². The van der Waals surface area contributed by atoms with E-state index in [2.05, 4.69) is 4.74 Å². The average molecular weight is 330 g/mol. The third-order valence-corrected chi connectivity index (χ3v) is 3.31. The van der Waals surface area contributed by atoms with Crippen molar-refractivity contribution >= 4 is 12.3 Å². The Kier molecular flexibility index (Phi) is 6.19. The topological polar surface area (TPSA) is 82.1 Å². The van der Waals surface area contributed by atoms with E-state index in [0.29, 0.717) is 5.56 Å². The second-order valence-corrected chi connectivity index (χ2v) is 5.01. The van der Waals surface area contributed by atoms with E-state index < -0.39 is 24.5 Å². The van der Waals surface area contributed by atoms with E-state index in [1.54, 1.807) is 37.3 Å². The molecule has 2 rings (SSSR count). The number of carboxylic acid groups (broad SMARTS) is 1. The summed E-state index contributed by atoms with van der Waals surface area (Å²) in [5.74, 6) is 0. The highest BCUT2D eigenvalue weighted by molar-refractivity contribution is 5.61. The lowest BCUT2D eigenvalue weighted by Gasteiger charge is -2.19. The van der Waals surface area contributed by atoms with Crippen molar-refractivity contribution in [3.63, 3.8) is 0 Å². The first-order chi connectivity index (χ1) is 11.6. The highest BCUT2D eigenvalue weighted by Crippen LogP contribution is 2.22. The average Bonchev–Trinajstić information content (AvgIpc) is 2.60. The SMILES string of the molecule is CC(OC(=O)OC(COC(=O)O)c1ccccc1)c1ccccc1. The van der Waals surface area contributed by atoms with Crippen LogP contribution in [0.2, 0.25) is 0 Å². The molecule has 0 aliphatic rings. The minimum Gasteiger partial charge on any atom is -0.450 e. The molecule has 0 aliphatic carbocycles. The molecule has 2 atom stereocenters. The predicted molar refractivity (Wildman–Crippen MR) is 85.6 cm³/mol. The van der Waals surface area contributed by atoms with Crippen LogP contribution in [-0.2, 0) is 14.2 Å². The summed E-state index contributed by atoms with van der Waals surface area (Å²) in [6.07, 6.45) is -3.70. The van der Waals surface area contributed by atoms with Crippen LogP contribution in [-0.4, -0.2) is 24.0 Å². The standard InChI is InChI=1S/C18H18O6/c1-13(14-8-4-2-5-9-14)23-18(21)24-16(12-22-17(19)20)15-10-6-3-7-11-15/h2-11,13,16H,12H2,1H3,(H,19,20). The van der Waals surface area contributed by atoms with Crippen LogP contribution in [0.3, 0.4) is 0 Å². The Hall–Kier alpha value is -3.02. The van der Waals surface area contributed by atoms with Gasteiger partial charge in [0.2, 0.25) is 0 Å². The van der Waals surface area contributed by atoms with Gasteiger partial charge in [-0.2, -0.15) is 0 Å². The summed E-state index contributed by atoms with van der Waals surface area (Å²) in [5.41, 5.74) is 1.44. The Bertz CT molecular complexity index is 656. The summed E-state index contributed by atoms with van der Waals surface area (Å²) in [7, 11) is 0. The van der Waals surface area contributed by atoms with Crippen molar-refractivity contribution in [2.45, 2.75) is 19.1 Å². The molecule has 0 saturated carbocycles. The summed E-state index contributed by atoms with van der Waals surface area (Å²) in [5, 5.41) is 8.64. The smallest absolute Gasteiger partial charge is 0.450 e. The van der Waals surface area contributed by atoms with Crippen molar-refractivity contribution < 1.29 is 28.9 Å². The molecule has 0 fully saturated rings. The zero-order valence-electron chi connectivity index (χ0n) is 13.1. The molecule has 0 heterocycles. The van der Waals surface area contributed by atoms with E-state index in [4.69, 9.17) is 14.6 Å². The van der Waals surface area contributed by atoms with Crippen molar-refractivity contribution in [2.24, 2.45) is 0 Å². The van der Waals surface area contributed by atoms with Gasteiger partial charge in [0, 0.05) is 0 Å². The number of carbonyl (C=O) groups excluding carboxylic acids is 1. The molecule has 2 aromatic carbocycles. The molecule has 126 valence electrons. The van der Waals surface area contributed by atoms with Crippen molar-refractivity contribution in [2.75, 3.05) is 6.61 Å². The van der Waals surface area contributed by atoms with Gasteiger partial charge < -0.3 is 19.3 Å². The van der Waals surface area contributed by atoms with Gasteiger partial charge in [-0.05, 0) is 18.1 Å². The number of hydrogen-bond donors (Lipinski definition) is 1. The van der Waals surface area contributed by atoms with Crippen LogP contribution in [0.5, 0.6) is 0 Å². The Morgan fingerprint density at radius 1 is 0.917 bits per heavy atom. The van der Waals surface area contributed by atoms with Crippen LogP contribution in [0, 0.1) is 0 Å². The number of hydrogen-bond acceptors (Lipinski definition) is 5. The van der Waals surface area contributed by atoms with Gasteiger partial charge in [0.05, 0.1) is 0 Å². The first-order valence-electron chi connectivity index (χ1n) is 7.39. The number of rotatable bonds is 6. The minimum absolute atomic E-state index is 0.311. The summed E-state index contributed by atoms with van der Waals surface area (Å²) in [6.45, 7) is 1.41. The van der Waals surface area contributed by atoms with Crippen molar-refractivity contribution in [3.8, 4) is 0 Å². The molecule has 0 aliphatic heterocycles. The number of ether oxygens (including phenoxy) is 3. The monoisotopic (exact) mass is 330 g/mol. The van der Waals surface area contributed by atoms with Gasteiger partial charge in [-0.3, -0.25) is 0 Å². The van der Waals surface area contributed by atoms with Crippen LogP contribution in [0.15, 0.2) is 60.7 Å². The quantitative estimate of drug-likeness (QED) is 0.794. The lowest BCUT2D eigenvalue weighted by Crippen LogP contribution is -2.19. The van der Waals surface area contributed by atoms with Gasteiger partial charge >= 0.3 is 12.3 Å². The Morgan fingerprint density at radius 2 is 1.46 bits per heavy atom. The summed E-state index contributed by atoms with van der Waals surface area (Å²) in [6, 6.07) is 17.9. The highest BCUT2D eigenvalue weighted by atomic mass is 16.7. The molecule has 0 amide bonds. The lowest BCUT2D eigenvalue weighted by atomic mass is 10.1. The highest BCUT2D eigenvalue weighted by Gasteiger charge is 2.21. The van der Waals surface area contributed by atoms with Crippen LogP contribution >= 0.6 is 0 Å². The van der Waals surface area contributed by atoms with E-state index in [9.17, 15) is 9.59 Å². The Balaban J connectivity index is 2.00. The minimum atomic E-state index is -1.44. The molecule has 0 spiro atoms. The molecule has 6 heteroatoms. The fraction of sp³-hybridized carbons (Fsp3) is 0.222. The molecular formula is C18H18O6. The zero-order chi connectivity index (χ0) is 17.4. The van der Waals surface area contributed by atoms with E-state index in [1.165, 1.54) is 0 Å². The van der Waals surface area contributed by atoms with Crippen LogP contribution in [0.1, 0.15) is 30.3 Å². The molecule has 0 aromatic heterocycles. The molecule has 6 nitrogen and oxygen atoms in total. The molecule has 24 heavy (non-hydrogen) atoms. The summed E-state index contributed by atoms with van der Waals surface area (Å²) >= 11 is 0. The maximum atomic E-state index is 12.0. The summed E-state index contributed by atoms with van der Waals surface area (Å²) in [4.78, 5) is 22.6. The summed E-state index contributed by atoms with van der Waals surface area (Å²) < 4.78 is 15.0. The van der Waals surface area contributed by atoms with Crippen molar-refractivity contribution in [3.05, 3.63) is 71.8 Å².